The van der Waals surface area contributed by atoms with Crippen molar-refractivity contribution in [3.8, 4) is 0 Å². The van der Waals surface area contributed by atoms with E-state index in [0.29, 0.717) is 36.4 Å². The molecule has 6 nitrogen and oxygen atoms in total. The summed E-state index contributed by atoms with van der Waals surface area (Å²) in [6, 6.07) is 6.58. The van der Waals surface area contributed by atoms with Crippen LogP contribution in [-0.2, 0) is 9.59 Å². The van der Waals surface area contributed by atoms with E-state index in [4.69, 9.17) is 9.52 Å². The number of nitrogens with zero attached hydrogens (tertiary/aromatic N) is 2. The lowest BCUT2D eigenvalue weighted by Crippen LogP contribution is -2.39. The fourth-order valence-electron chi connectivity index (χ4n) is 2.49. The van der Waals surface area contributed by atoms with Crippen LogP contribution >= 0.6 is 0 Å². The molecule has 1 aromatic heterocycles. The second kappa shape index (κ2) is 5.40. The third kappa shape index (κ3) is 2.65. The smallest absolute Gasteiger partial charge is 0.326 e. The van der Waals surface area contributed by atoms with E-state index >= 15 is 0 Å². The highest BCUT2D eigenvalue weighted by Crippen LogP contribution is 2.19. The van der Waals surface area contributed by atoms with Crippen LogP contribution in [0.25, 0.3) is 17.2 Å². The minimum atomic E-state index is -0.962. The molecule has 1 N–H and O–H groups in total. The quantitative estimate of drug-likeness (QED) is 0.871. The van der Waals surface area contributed by atoms with Gasteiger partial charge in [-0.15, -0.1) is 0 Å². The van der Waals surface area contributed by atoms with E-state index in [2.05, 4.69) is 4.98 Å². The van der Waals surface area contributed by atoms with Crippen LogP contribution in [0.4, 0.5) is 0 Å². The monoisotopic (exact) mass is 286 g/mol. The first-order valence-corrected chi connectivity index (χ1v) is 6.72. The van der Waals surface area contributed by atoms with Crippen LogP contribution in [0, 0.1) is 0 Å². The Kier molecular flexibility index (Phi) is 3.43. The maximum atomic E-state index is 12.1. The summed E-state index contributed by atoms with van der Waals surface area (Å²) in [7, 11) is 0. The van der Waals surface area contributed by atoms with Crippen molar-refractivity contribution >= 4 is 29.1 Å². The van der Waals surface area contributed by atoms with Gasteiger partial charge in [-0.05, 0) is 25.0 Å². The van der Waals surface area contributed by atoms with Crippen molar-refractivity contribution in [2.75, 3.05) is 6.54 Å². The van der Waals surface area contributed by atoms with Crippen molar-refractivity contribution in [1.82, 2.24) is 9.88 Å². The van der Waals surface area contributed by atoms with Crippen LogP contribution in [0.2, 0.25) is 0 Å². The first kappa shape index (κ1) is 13.4. The van der Waals surface area contributed by atoms with Gasteiger partial charge >= 0.3 is 5.97 Å². The van der Waals surface area contributed by atoms with Gasteiger partial charge in [-0.2, -0.15) is 0 Å². The normalized spacial score (nSPS) is 18.7. The van der Waals surface area contributed by atoms with Gasteiger partial charge in [-0.3, -0.25) is 4.79 Å². The van der Waals surface area contributed by atoms with E-state index in [1.807, 2.05) is 18.2 Å². The van der Waals surface area contributed by atoms with Crippen molar-refractivity contribution < 1.29 is 19.1 Å². The number of carbonyl (C=O) groups is 2. The number of carboxylic acids is 1. The first-order valence-electron chi connectivity index (χ1n) is 6.72. The van der Waals surface area contributed by atoms with Crippen LogP contribution in [0.5, 0.6) is 0 Å². The molecular formula is C15H14N2O4. The number of rotatable bonds is 3. The Morgan fingerprint density at radius 1 is 1.38 bits per heavy atom. The summed E-state index contributed by atoms with van der Waals surface area (Å²) in [6.45, 7) is 0.466. The van der Waals surface area contributed by atoms with E-state index in [9.17, 15) is 9.59 Å². The standard InChI is InChI=1S/C15H14N2O4/c18-14(17-9-3-5-11(17)15(19)20)8-7-13-16-10-4-1-2-6-12(10)21-13/h1-2,4,6-8,11H,3,5,9H2,(H,19,20)/b8-7+. The molecule has 21 heavy (non-hydrogen) atoms. The molecule has 1 fully saturated rings. The van der Waals surface area contributed by atoms with Gasteiger partial charge < -0.3 is 14.4 Å². The number of aliphatic carboxylic acids is 1. The van der Waals surface area contributed by atoms with Crippen LogP contribution in [-0.4, -0.2) is 39.5 Å². The summed E-state index contributed by atoms with van der Waals surface area (Å²) < 4.78 is 5.47. The van der Waals surface area contributed by atoms with Crippen molar-refractivity contribution in [2.24, 2.45) is 0 Å². The lowest BCUT2D eigenvalue weighted by molar-refractivity contribution is -0.146. The number of carboxylic acid groups (broad SMARTS) is 1. The molecule has 108 valence electrons. The van der Waals surface area contributed by atoms with Crippen molar-refractivity contribution in [2.45, 2.75) is 18.9 Å². The number of aromatic nitrogens is 1. The molecule has 2 aromatic rings. The molecule has 2 heterocycles. The molecule has 1 aliphatic rings. The van der Waals surface area contributed by atoms with Crippen LogP contribution < -0.4 is 0 Å². The Labute approximate surface area is 120 Å². The third-order valence-corrected chi connectivity index (χ3v) is 3.50. The average molecular weight is 286 g/mol. The molecule has 0 radical (unpaired) electrons. The fraction of sp³-hybridized carbons (Fsp3) is 0.267. The zero-order chi connectivity index (χ0) is 14.8. The number of fused-ring (bicyclic) bond motifs is 1. The maximum Gasteiger partial charge on any atom is 0.326 e. The Morgan fingerprint density at radius 2 is 2.19 bits per heavy atom. The van der Waals surface area contributed by atoms with Gasteiger partial charge in [0.25, 0.3) is 0 Å². The van der Waals surface area contributed by atoms with Crippen molar-refractivity contribution in [3.05, 3.63) is 36.2 Å². The molecule has 3 rings (SSSR count). The second-order valence-corrected chi connectivity index (χ2v) is 4.88. The van der Waals surface area contributed by atoms with Crippen molar-refractivity contribution in [3.63, 3.8) is 0 Å². The third-order valence-electron chi connectivity index (χ3n) is 3.50. The summed E-state index contributed by atoms with van der Waals surface area (Å²) in [4.78, 5) is 28.7. The minimum Gasteiger partial charge on any atom is -0.480 e. The topological polar surface area (TPSA) is 83.6 Å². The highest BCUT2D eigenvalue weighted by Gasteiger charge is 2.32. The maximum absolute atomic E-state index is 12.1. The van der Waals surface area contributed by atoms with Gasteiger partial charge in [-0.1, -0.05) is 12.1 Å². The van der Waals surface area contributed by atoms with Gasteiger partial charge in [-0.25, -0.2) is 9.78 Å². The number of likely N-dealkylation sites (tertiary alicyclic amines) is 1. The highest BCUT2D eigenvalue weighted by atomic mass is 16.4. The Balaban J connectivity index is 1.76. The number of hydrogen-bond donors (Lipinski definition) is 1. The predicted octanol–water partition coefficient (Wildman–Crippen LogP) is 1.92. The highest BCUT2D eigenvalue weighted by molar-refractivity contribution is 5.94. The molecule has 0 spiro atoms. The molecule has 0 saturated carbocycles. The predicted molar refractivity (Wildman–Crippen MR) is 75.4 cm³/mol. The number of benzene rings is 1. The fourth-order valence-corrected chi connectivity index (χ4v) is 2.49. The van der Waals surface area contributed by atoms with Gasteiger partial charge in [0, 0.05) is 18.7 Å². The summed E-state index contributed by atoms with van der Waals surface area (Å²) in [5.74, 6) is -0.964. The van der Waals surface area contributed by atoms with E-state index < -0.39 is 12.0 Å². The summed E-state index contributed by atoms with van der Waals surface area (Å²) in [5.41, 5.74) is 1.36. The van der Waals surface area contributed by atoms with Crippen LogP contribution in [0.1, 0.15) is 18.7 Å². The molecule has 1 unspecified atom stereocenters. The molecule has 6 heteroatoms. The Bertz CT molecular complexity index is 686. The average Bonchev–Trinajstić information content (AvgIpc) is 3.10. The first-order chi connectivity index (χ1) is 10.1. The zero-order valence-corrected chi connectivity index (χ0v) is 11.2. The summed E-state index contributed by atoms with van der Waals surface area (Å²) in [6.07, 6.45) is 3.99. The minimum absolute atomic E-state index is 0.329. The van der Waals surface area contributed by atoms with Crippen LogP contribution in [0.3, 0.4) is 0 Å². The molecule has 1 amide bonds. The molecule has 1 saturated heterocycles. The zero-order valence-electron chi connectivity index (χ0n) is 11.2. The lowest BCUT2D eigenvalue weighted by Gasteiger charge is -2.19. The number of para-hydroxylation sites is 2. The number of hydrogen-bond acceptors (Lipinski definition) is 4. The van der Waals surface area contributed by atoms with Crippen molar-refractivity contribution in [1.29, 1.82) is 0 Å². The van der Waals surface area contributed by atoms with Gasteiger partial charge in [0.1, 0.15) is 11.6 Å². The molecular weight excluding hydrogens is 272 g/mol. The lowest BCUT2D eigenvalue weighted by atomic mass is 10.2. The Hall–Kier alpha value is -2.63. The number of amides is 1. The summed E-state index contributed by atoms with van der Waals surface area (Å²) >= 11 is 0. The largest absolute Gasteiger partial charge is 0.480 e. The molecule has 1 aliphatic heterocycles. The molecule has 0 aliphatic carbocycles. The van der Waals surface area contributed by atoms with Gasteiger partial charge in [0.2, 0.25) is 11.8 Å². The second-order valence-electron chi connectivity index (χ2n) is 4.88. The van der Waals surface area contributed by atoms with Crippen LogP contribution in [0.15, 0.2) is 34.8 Å². The molecule has 1 atom stereocenters. The van der Waals surface area contributed by atoms with E-state index in [1.165, 1.54) is 17.1 Å². The number of carbonyl (C=O) groups excluding carboxylic acids is 1. The van der Waals surface area contributed by atoms with E-state index in [0.717, 1.165) is 0 Å². The number of oxazole rings is 1. The van der Waals surface area contributed by atoms with Gasteiger partial charge in [0.05, 0.1) is 0 Å². The summed E-state index contributed by atoms with van der Waals surface area (Å²) in [5, 5.41) is 9.06. The molecule has 1 aromatic carbocycles. The van der Waals surface area contributed by atoms with Gasteiger partial charge in [0.15, 0.2) is 5.58 Å². The Morgan fingerprint density at radius 3 is 2.95 bits per heavy atom. The molecule has 0 bridgehead atoms. The van der Waals surface area contributed by atoms with E-state index in [1.54, 1.807) is 6.07 Å². The SMILES string of the molecule is O=C(O)C1CCCN1C(=O)/C=C/c1nc2ccccc2o1. The van der Waals surface area contributed by atoms with E-state index in [-0.39, 0.29) is 5.91 Å².